The summed E-state index contributed by atoms with van der Waals surface area (Å²) in [6.07, 6.45) is 8.83. The average Bonchev–Trinajstić information content (AvgIpc) is 3.94. The van der Waals surface area contributed by atoms with E-state index >= 15 is 0 Å². The van der Waals surface area contributed by atoms with E-state index < -0.39 is 0 Å². The predicted octanol–water partition coefficient (Wildman–Crippen LogP) is 11.2. The van der Waals surface area contributed by atoms with Crippen molar-refractivity contribution in [2.24, 2.45) is 5.92 Å². The Morgan fingerprint density at radius 2 is 1.37 bits per heavy atom. The molecule has 9 rings (SSSR count). The van der Waals surface area contributed by atoms with Gasteiger partial charge in [0.2, 0.25) is 0 Å². The lowest BCUT2D eigenvalue weighted by atomic mass is 9.92. The molecule has 0 saturated carbocycles. The number of rotatable bonds is 6. The van der Waals surface area contributed by atoms with Crippen molar-refractivity contribution in [3.05, 3.63) is 137 Å². The Labute approximate surface area is 289 Å². The zero-order chi connectivity index (χ0) is 33.1. The summed E-state index contributed by atoms with van der Waals surface area (Å²) in [6, 6.07) is 32.6. The molecule has 232 valence electrons. The Kier molecular flexibility index (Phi) is 6.87. The van der Waals surface area contributed by atoms with E-state index in [1.165, 1.54) is 46.6 Å². The van der Waals surface area contributed by atoms with Gasteiger partial charge < -0.3 is 9.15 Å². The molecule has 0 N–H and O–H groups in total. The number of ether oxygens (including phenoxy) is 1. The highest BCUT2D eigenvalue weighted by atomic mass is 32.1. The van der Waals surface area contributed by atoms with Gasteiger partial charge in [0.25, 0.3) is 0 Å². The second-order valence-electron chi connectivity index (χ2n) is 11.9. The Morgan fingerprint density at radius 3 is 2.04 bits per heavy atom. The summed E-state index contributed by atoms with van der Waals surface area (Å²) in [6.45, 7) is 2.17. The van der Waals surface area contributed by atoms with Gasteiger partial charge in [-0.25, -0.2) is 0 Å². The van der Waals surface area contributed by atoms with Crippen LogP contribution in [-0.4, -0.2) is 9.97 Å². The zero-order valence-electron chi connectivity index (χ0n) is 26.0. The summed E-state index contributed by atoms with van der Waals surface area (Å²) in [5, 5.41) is 26.9. The maximum Gasteiger partial charge on any atom is 0.145 e. The number of nitrogens with zero attached hydrogens (tertiary/aromatic N) is 4. The van der Waals surface area contributed by atoms with Crippen LogP contribution in [0.3, 0.4) is 0 Å². The summed E-state index contributed by atoms with van der Waals surface area (Å²) in [7, 11) is 0. The van der Waals surface area contributed by atoms with E-state index in [0.29, 0.717) is 34.1 Å². The number of pyridine rings is 2. The van der Waals surface area contributed by atoms with E-state index in [1.54, 1.807) is 47.2 Å². The van der Waals surface area contributed by atoms with E-state index in [2.05, 4.69) is 71.5 Å². The molecule has 6 heterocycles. The molecule has 49 heavy (non-hydrogen) atoms. The fourth-order valence-corrected chi connectivity index (χ4v) is 9.45. The molecule has 0 aliphatic carbocycles. The van der Waals surface area contributed by atoms with Crippen molar-refractivity contribution in [3.8, 4) is 22.8 Å². The van der Waals surface area contributed by atoms with Gasteiger partial charge in [0.1, 0.15) is 35.5 Å². The highest BCUT2D eigenvalue weighted by Gasteiger charge is 2.32. The first kappa shape index (κ1) is 29.1. The summed E-state index contributed by atoms with van der Waals surface area (Å²) in [5.41, 5.74) is 2.14. The number of benzene rings is 3. The Balaban J connectivity index is 1.17. The van der Waals surface area contributed by atoms with Crippen LogP contribution in [0.15, 0.2) is 120 Å². The van der Waals surface area contributed by atoms with Gasteiger partial charge in [-0.1, -0.05) is 43.3 Å². The Bertz CT molecular complexity index is 2740. The second-order valence-corrected chi connectivity index (χ2v) is 14.1. The molecule has 2 unspecified atom stereocenters. The number of fused-ring (bicyclic) bond motifs is 2. The van der Waals surface area contributed by atoms with E-state index in [1.807, 2.05) is 48.5 Å². The SMILES string of the molecule is CC1C=C(/C=C(\C#N)c2ccccn2)OC1c1sc2cccc3c4c(-c5ccc(/C=C(\C#N)c6ccccn6)o5)sc5cccc(c1c23)c54. The van der Waals surface area contributed by atoms with Crippen molar-refractivity contribution in [1.29, 1.82) is 10.5 Å². The molecule has 0 saturated heterocycles. The molecule has 2 atom stereocenters. The Morgan fingerprint density at radius 1 is 0.714 bits per heavy atom. The molecule has 8 heteroatoms. The highest BCUT2D eigenvalue weighted by Crippen LogP contribution is 2.54. The van der Waals surface area contributed by atoms with Crippen molar-refractivity contribution in [3.63, 3.8) is 0 Å². The highest BCUT2D eigenvalue weighted by molar-refractivity contribution is 7.24. The smallest absolute Gasteiger partial charge is 0.145 e. The molecule has 1 aliphatic heterocycles. The fraction of sp³-hybridized carbons (Fsp3) is 0.0732. The van der Waals surface area contributed by atoms with Crippen LogP contribution in [0.4, 0.5) is 0 Å². The van der Waals surface area contributed by atoms with Crippen molar-refractivity contribution in [2.75, 3.05) is 0 Å². The molecule has 0 fully saturated rings. The van der Waals surface area contributed by atoms with Gasteiger partial charge in [0, 0.05) is 55.3 Å². The van der Waals surface area contributed by atoms with Gasteiger partial charge in [-0.15, -0.1) is 22.7 Å². The Hall–Kier alpha value is -6.06. The molecule has 0 bridgehead atoms. The maximum atomic E-state index is 9.90. The largest absolute Gasteiger partial charge is 0.485 e. The minimum absolute atomic E-state index is 0.0975. The minimum atomic E-state index is -0.196. The van der Waals surface area contributed by atoms with Gasteiger partial charge >= 0.3 is 0 Å². The van der Waals surface area contributed by atoms with Gasteiger partial charge in [-0.2, -0.15) is 10.5 Å². The van der Waals surface area contributed by atoms with Crippen LogP contribution in [0.5, 0.6) is 0 Å². The number of thiophene rings is 2. The summed E-state index contributed by atoms with van der Waals surface area (Å²) in [4.78, 5) is 10.9. The first-order valence-corrected chi connectivity index (χ1v) is 17.4. The molecule has 3 aromatic carbocycles. The van der Waals surface area contributed by atoms with Crippen molar-refractivity contribution < 1.29 is 9.15 Å². The third-order valence-corrected chi connectivity index (χ3v) is 11.4. The summed E-state index contributed by atoms with van der Waals surface area (Å²) < 4.78 is 15.5. The molecule has 6 nitrogen and oxygen atoms in total. The number of hydrogen-bond donors (Lipinski definition) is 0. The number of aromatic nitrogens is 2. The quantitative estimate of drug-likeness (QED) is 0.129. The summed E-state index contributed by atoms with van der Waals surface area (Å²) in [5.74, 6) is 2.14. The lowest BCUT2D eigenvalue weighted by Crippen LogP contribution is -2.03. The summed E-state index contributed by atoms with van der Waals surface area (Å²) >= 11 is 3.50. The van der Waals surface area contributed by atoms with E-state index in [0.717, 1.165) is 10.6 Å². The number of allylic oxidation sites excluding steroid dienone is 3. The van der Waals surface area contributed by atoms with Gasteiger partial charge in [-0.3, -0.25) is 9.97 Å². The van der Waals surface area contributed by atoms with Gasteiger partial charge in [0.05, 0.1) is 32.3 Å². The van der Waals surface area contributed by atoms with Crippen LogP contribution >= 0.6 is 22.7 Å². The van der Waals surface area contributed by atoms with Crippen molar-refractivity contribution in [1.82, 2.24) is 9.97 Å². The van der Waals surface area contributed by atoms with Crippen LogP contribution in [0.1, 0.15) is 35.1 Å². The molecule has 5 aromatic heterocycles. The van der Waals surface area contributed by atoms with Crippen LogP contribution in [0, 0.1) is 28.6 Å². The lowest BCUT2D eigenvalue weighted by molar-refractivity contribution is 0.131. The molecular formula is C41H24N4O2S2. The monoisotopic (exact) mass is 668 g/mol. The molecule has 1 aliphatic rings. The third-order valence-electron chi connectivity index (χ3n) is 8.97. The molecule has 0 spiro atoms. The molecule has 8 aromatic rings. The van der Waals surface area contributed by atoms with Crippen LogP contribution < -0.4 is 0 Å². The predicted molar refractivity (Wildman–Crippen MR) is 198 cm³/mol. The van der Waals surface area contributed by atoms with Gasteiger partial charge in [0.15, 0.2) is 0 Å². The number of nitriles is 2. The average molecular weight is 669 g/mol. The first-order valence-electron chi connectivity index (χ1n) is 15.8. The van der Waals surface area contributed by atoms with Crippen molar-refractivity contribution in [2.45, 2.75) is 13.0 Å². The van der Waals surface area contributed by atoms with E-state index in [9.17, 15) is 10.5 Å². The lowest BCUT2D eigenvalue weighted by Gasteiger charge is -2.16. The molecular weight excluding hydrogens is 645 g/mol. The molecule has 0 radical (unpaired) electrons. The zero-order valence-corrected chi connectivity index (χ0v) is 27.7. The standard InChI is InChI=1S/C41H24N4O2S2/c1-23-18-27(20-25(22-43)31-11-3-5-17-45-31)47-39(23)41-38-29-9-7-12-33-35(29)37(28-8-6-13-34(49-41)36(28)38)40(48-33)32-15-14-26(46-32)19-24(21-42)30-10-2-4-16-44-30/h2-20,23,39H,1H3/b24-19+,25-20+. The number of hydrogen-bond acceptors (Lipinski definition) is 8. The van der Waals surface area contributed by atoms with Crippen molar-refractivity contribution >= 4 is 81.6 Å². The van der Waals surface area contributed by atoms with E-state index in [-0.39, 0.29) is 12.0 Å². The minimum Gasteiger partial charge on any atom is -0.485 e. The van der Waals surface area contributed by atoms with Crippen LogP contribution in [0.25, 0.3) is 69.6 Å². The molecule has 0 amide bonds. The van der Waals surface area contributed by atoms with Crippen LogP contribution in [0.2, 0.25) is 0 Å². The van der Waals surface area contributed by atoms with Gasteiger partial charge in [-0.05, 0) is 71.5 Å². The van der Waals surface area contributed by atoms with E-state index in [4.69, 9.17) is 9.15 Å². The van der Waals surface area contributed by atoms with Crippen LogP contribution in [-0.2, 0) is 4.74 Å². The fourth-order valence-electron chi connectivity index (χ4n) is 6.85. The second kappa shape index (κ2) is 11.6. The first-order chi connectivity index (χ1) is 24.1. The topological polar surface area (TPSA) is 95.7 Å². The maximum absolute atomic E-state index is 9.90. The number of furan rings is 1. The normalized spacial score (nSPS) is 16.8. The third kappa shape index (κ3) is 4.73.